The summed E-state index contributed by atoms with van der Waals surface area (Å²) in [6, 6.07) is 5.42. The molecule has 0 fully saturated rings. The number of nitrogens with one attached hydrogen (secondary N) is 1. The summed E-state index contributed by atoms with van der Waals surface area (Å²) < 4.78 is 39.0. The third-order valence-corrected chi connectivity index (χ3v) is 3.21. The van der Waals surface area contributed by atoms with Crippen molar-refractivity contribution in [3.63, 3.8) is 0 Å². The van der Waals surface area contributed by atoms with E-state index in [0.29, 0.717) is 0 Å². The Kier molecular flexibility index (Phi) is 3.01. The van der Waals surface area contributed by atoms with Gasteiger partial charge in [-0.15, -0.1) is 0 Å². The Balaban J connectivity index is 2.36. The van der Waals surface area contributed by atoms with Gasteiger partial charge in [-0.05, 0) is 24.3 Å². The lowest BCUT2D eigenvalue weighted by molar-refractivity contribution is 0.557. The summed E-state index contributed by atoms with van der Waals surface area (Å²) in [5.74, 6) is -0.899. The smallest absolute Gasteiger partial charge is 0.277 e. The average molecular weight is 253 g/mol. The molecule has 0 spiro atoms. The molecular weight excluding hydrogens is 245 g/mol. The monoisotopic (exact) mass is 253 g/mol. The SMILES string of the molecule is O=S(=O)(Nc1cccnc1)c1ncccc1F. The van der Waals surface area contributed by atoms with Crippen LogP contribution in [0.4, 0.5) is 10.1 Å². The highest BCUT2D eigenvalue weighted by atomic mass is 32.2. The third kappa shape index (κ3) is 2.56. The zero-order valence-corrected chi connectivity index (χ0v) is 9.36. The van der Waals surface area contributed by atoms with Crippen molar-refractivity contribution in [1.82, 2.24) is 9.97 Å². The van der Waals surface area contributed by atoms with E-state index in [9.17, 15) is 12.8 Å². The van der Waals surface area contributed by atoms with Gasteiger partial charge < -0.3 is 0 Å². The van der Waals surface area contributed by atoms with Gasteiger partial charge in [0.15, 0.2) is 5.82 Å². The number of hydrogen-bond donors (Lipinski definition) is 1. The fraction of sp³-hybridized carbons (Fsp3) is 0. The normalized spacial score (nSPS) is 11.1. The van der Waals surface area contributed by atoms with Crippen LogP contribution in [-0.4, -0.2) is 18.4 Å². The fourth-order valence-electron chi connectivity index (χ4n) is 1.20. The predicted molar refractivity (Wildman–Crippen MR) is 59.2 cm³/mol. The van der Waals surface area contributed by atoms with E-state index in [0.717, 1.165) is 6.07 Å². The number of aromatic nitrogens is 2. The van der Waals surface area contributed by atoms with Crippen LogP contribution in [0.1, 0.15) is 0 Å². The number of rotatable bonds is 3. The lowest BCUT2D eigenvalue weighted by Gasteiger charge is -2.06. The van der Waals surface area contributed by atoms with Gasteiger partial charge in [-0.3, -0.25) is 9.71 Å². The van der Waals surface area contributed by atoms with Gasteiger partial charge in [0.2, 0.25) is 5.03 Å². The molecule has 2 heterocycles. The van der Waals surface area contributed by atoms with Gasteiger partial charge in [0, 0.05) is 12.4 Å². The van der Waals surface area contributed by atoms with Crippen LogP contribution < -0.4 is 4.72 Å². The lowest BCUT2D eigenvalue weighted by Crippen LogP contribution is -2.16. The van der Waals surface area contributed by atoms with Crippen LogP contribution in [-0.2, 0) is 10.0 Å². The molecule has 1 N–H and O–H groups in total. The zero-order valence-electron chi connectivity index (χ0n) is 8.54. The second-order valence-corrected chi connectivity index (χ2v) is 4.74. The molecule has 0 aliphatic rings. The zero-order chi connectivity index (χ0) is 12.3. The van der Waals surface area contributed by atoms with Crippen LogP contribution in [0.25, 0.3) is 0 Å². The number of hydrogen-bond acceptors (Lipinski definition) is 4. The molecule has 17 heavy (non-hydrogen) atoms. The summed E-state index contributed by atoms with van der Waals surface area (Å²) in [4.78, 5) is 7.24. The first kappa shape index (κ1) is 11.5. The van der Waals surface area contributed by atoms with Crippen LogP contribution >= 0.6 is 0 Å². The molecule has 2 aromatic heterocycles. The molecule has 5 nitrogen and oxygen atoms in total. The molecule has 0 unspecified atom stereocenters. The van der Waals surface area contributed by atoms with Gasteiger partial charge in [0.1, 0.15) is 0 Å². The first-order chi connectivity index (χ1) is 8.09. The van der Waals surface area contributed by atoms with E-state index in [4.69, 9.17) is 0 Å². The van der Waals surface area contributed by atoms with E-state index in [2.05, 4.69) is 14.7 Å². The Labute approximate surface area is 97.4 Å². The summed E-state index contributed by atoms with van der Waals surface area (Å²) in [6.45, 7) is 0. The molecule has 2 aromatic rings. The molecule has 0 saturated carbocycles. The molecule has 0 radical (unpaired) electrons. The van der Waals surface area contributed by atoms with E-state index in [1.807, 2.05) is 0 Å². The van der Waals surface area contributed by atoms with Crippen molar-refractivity contribution in [1.29, 1.82) is 0 Å². The highest BCUT2D eigenvalue weighted by Gasteiger charge is 2.20. The van der Waals surface area contributed by atoms with Crippen LogP contribution in [0.5, 0.6) is 0 Å². The van der Waals surface area contributed by atoms with Crippen molar-refractivity contribution < 1.29 is 12.8 Å². The number of halogens is 1. The molecule has 0 aliphatic heterocycles. The number of pyridine rings is 2. The number of sulfonamides is 1. The molecule has 0 aromatic carbocycles. The van der Waals surface area contributed by atoms with Crippen LogP contribution in [0.3, 0.4) is 0 Å². The Morgan fingerprint density at radius 3 is 2.59 bits per heavy atom. The van der Waals surface area contributed by atoms with E-state index in [1.165, 1.54) is 30.7 Å². The molecular formula is C10H8FN3O2S. The van der Waals surface area contributed by atoms with Crippen molar-refractivity contribution >= 4 is 15.7 Å². The molecule has 2 rings (SSSR count). The third-order valence-electron chi connectivity index (χ3n) is 1.89. The van der Waals surface area contributed by atoms with E-state index in [1.54, 1.807) is 6.07 Å². The van der Waals surface area contributed by atoms with Gasteiger partial charge in [-0.25, -0.2) is 9.37 Å². The average Bonchev–Trinajstić information content (AvgIpc) is 2.30. The fourth-order valence-corrected chi connectivity index (χ4v) is 2.25. The molecule has 0 saturated heterocycles. The first-order valence-corrected chi connectivity index (χ1v) is 6.11. The quantitative estimate of drug-likeness (QED) is 0.897. The summed E-state index contributed by atoms with van der Waals surface area (Å²) in [5, 5.41) is -0.635. The topological polar surface area (TPSA) is 72.0 Å². The Morgan fingerprint density at radius 2 is 1.94 bits per heavy atom. The van der Waals surface area contributed by atoms with Crippen molar-refractivity contribution in [3.8, 4) is 0 Å². The predicted octanol–water partition coefficient (Wildman–Crippen LogP) is 1.42. The molecule has 88 valence electrons. The Morgan fingerprint density at radius 1 is 1.18 bits per heavy atom. The molecule has 0 amide bonds. The van der Waals surface area contributed by atoms with E-state index in [-0.39, 0.29) is 5.69 Å². The standard InChI is InChI=1S/C10H8FN3O2S/c11-9-4-2-6-13-10(9)17(15,16)14-8-3-1-5-12-7-8/h1-7,14H. The largest absolute Gasteiger partial charge is 0.282 e. The summed E-state index contributed by atoms with van der Waals surface area (Å²) in [6.07, 6.45) is 4.03. The first-order valence-electron chi connectivity index (χ1n) is 4.63. The molecule has 7 heteroatoms. The van der Waals surface area contributed by atoms with Crippen LogP contribution in [0.2, 0.25) is 0 Å². The minimum atomic E-state index is -4.02. The van der Waals surface area contributed by atoms with Gasteiger partial charge >= 0.3 is 0 Å². The molecule has 0 bridgehead atoms. The van der Waals surface area contributed by atoms with Gasteiger partial charge in [-0.1, -0.05) is 0 Å². The second kappa shape index (κ2) is 4.46. The maximum absolute atomic E-state index is 13.3. The summed E-state index contributed by atoms with van der Waals surface area (Å²) in [7, 11) is -4.02. The van der Waals surface area contributed by atoms with Crippen molar-refractivity contribution in [2.45, 2.75) is 5.03 Å². The van der Waals surface area contributed by atoms with Crippen molar-refractivity contribution in [2.75, 3.05) is 4.72 Å². The minimum absolute atomic E-state index is 0.248. The van der Waals surface area contributed by atoms with Gasteiger partial charge in [0.25, 0.3) is 10.0 Å². The highest BCUT2D eigenvalue weighted by molar-refractivity contribution is 7.92. The molecule has 0 aliphatic carbocycles. The van der Waals surface area contributed by atoms with Crippen LogP contribution in [0.15, 0.2) is 47.9 Å². The van der Waals surface area contributed by atoms with Gasteiger partial charge in [-0.2, -0.15) is 8.42 Å². The summed E-state index contributed by atoms with van der Waals surface area (Å²) in [5.41, 5.74) is 0.248. The van der Waals surface area contributed by atoms with Crippen molar-refractivity contribution in [3.05, 3.63) is 48.7 Å². The van der Waals surface area contributed by atoms with E-state index >= 15 is 0 Å². The van der Waals surface area contributed by atoms with Crippen LogP contribution in [0, 0.1) is 5.82 Å². The Hall–Kier alpha value is -2.02. The van der Waals surface area contributed by atoms with Gasteiger partial charge in [0.05, 0.1) is 11.9 Å². The summed E-state index contributed by atoms with van der Waals surface area (Å²) >= 11 is 0. The number of anilines is 1. The minimum Gasteiger partial charge on any atom is -0.277 e. The van der Waals surface area contributed by atoms with Crippen molar-refractivity contribution in [2.24, 2.45) is 0 Å². The maximum atomic E-state index is 13.3. The lowest BCUT2D eigenvalue weighted by atomic mass is 10.4. The Bertz CT molecular complexity index is 616. The molecule has 0 atom stereocenters. The number of nitrogens with zero attached hydrogens (tertiary/aromatic N) is 2. The highest BCUT2D eigenvalue weighted by Crippen LogP contribution is 2.15. The van der Waals surface area contributed by atoms with E-state index < -0.39 is 20.9 Å². The maximum Gasteiger partial charge on any atom is 0.282 e. The second-order valence-electron chi connectivity index (χ2n) is 3.14.